The number of carbonyl (C=O) groups excluding carboxylic acids is 1. The van der Waals surface area contributed by atoms with Crippen LogP contribution in [0, 0.1) is 0 Å². The van der Waals surface area contributed by atoms with E-state index in [1.54, 1.807) is 35.9 Å². The van der Waals surface area contributed by atoms with Crippen LogP contribution in [-0.4, -0.2) is 22.6 Å². The van der Waals surface area contributed by atoms with E-state index in [0.717, 1.165) is 35.0 Å². The average molecular weight is 435 g/mol. The molecule has 7 nitrogen and oxygen atoms in total. The van der Waals surface area contributed by atoms with Gasteiger partial charge in [0.1, 0.15) is 10.6 Å². The van der Waals surface area contributed by atoms with Gasteiger partial charge in [0.2, 0.25) is 5.91 Å². The number of fused-ring (bicyclic) bond motifs is 3. The highest BCUT2D eigenvalue weighted by Crippen LogP contribution is 2.33. The number of nitrogens with zero attached hydrogens (tertiary/aromatic N) is 2. The number of ether oxygens (including phenoxy) is 1. The summed E-state index contributed by atoms with van der Waals surface area (Å²) in [6.45, 7) is 0.282. The number of hydrogen-bond acceptors (Lipinski definition) is 6. The Labute approximate surface area is 178 Å². The number of benzene rings is 1. The summed E-state index contributed by atoms with van der Waals surface area (Å²) < 4.78 is 6.64. The predicted octanol–water partition coefficient (Wildman–Crippen LogP) is 3.38. The zero-order valence-corrected chi connectivity index (χ0v) is 17.7. The number of aryl methyl sites for hydroxylation is 3. The fourth-order valence-corrected chi connectivity index (χ4v) is 4.82. The molecule has 2 heterocycles. The third-order valence-corrected chi connectivity index (χ3v) is 6.23. The summed E-state index contributed by atoms with van der Waals surface area (Å²) >= 11 is 1.63. The number of thiophene rings is 1. The molecular weight excluding hydrogens is 412 g/mol. The normalized spacial score (nSPS) is 12.9. The summed E-state index contributed by atoms with van der Waals surface area (Å²) in [5.74, 6) is 0.368. The van der Waals surface area contributed by atoms with Crippen LogP contribution >= 0.6 is 23.7 Å². The first kappa shape index (κ1) is 21.1. The zero-order valence-electron chi connectivity index (χ0n) is 16.1. The first-order chi connectivity index (χ1) is 13.6. The molecule has 0 bridgehead atoms. The summed E-state index contributed by atoms with van der Waals surface area (Å²) in [5, 5.41) is 3.54. The SMILES string of the molecule is COc1ccc(NC(=O)CCn2cnc3sc4c(c3c2=O)CCCC4)cc1N.Cl. The molecule has 0 fully saturated rings. The van der Waals surface area contributed by atoms with Crippen molar-refractivity contribution in [3.8, 4) is 5.75 Å². The van der Waals surface area contributed by atoms with Crippen LogP contribution in [0.25, 0.3) is 10.2 Å². The maximum Gasteiger partial charge on any atom is 0.262 e. The van der Waals surface area contributed by atoms with Crippen molar-refractivity contribution >= 4 is 51.2 Å². The van der Waals surface area contributed by atoms with Crippen molar-refractivity contribution in [2.45, 2.75) is 38.6 Å². The highest BCUT2D eigenvalue weighted by atomic mass is 35.5. The minimum atomic E-state index is -0.191. The molecule has 0 saturated heterocycles. The Morgan fingerprint density at radius 3 is 2.90 bits per heavy atom. The third-order valence-electron chi connectivity index (χ3n) is 5.04. The van der Waals surface area contributed by atoms with Crippen molar-refractivity contribution in [2.75, 3.05) is 18.2 Å². The third kappa shape index (κ3) is 4.23. The molecule has 154 valence electrons. The van der Waals surface area contributed by atoms with Crippen LogP contribution in [0.15, 0.2) is 29.3 Å². The molecule has 2 aromatic heterocycles. The number of nitrogen functional groups attached to an aromatic ring is 1. The molecule has 3 aromatic rings. The van der Waals surface area contributed by atoms with Crippen LogP contribution in [0.5, 0.6) is 5.75 Å². The average Bonchev–Trinajstić information content (AvgIpc) is 3.07. The van der Waals surface area contributed by atoms with Crippen LogP contribution in [0.1, 0.15) is 29.7 Å². The van der Waals surface area contributed by atoms with Crippen LogP contribution in [0.3, 0.4) is 0 Å². The molecule has 4 rings (SSSR count). The molecule has 1 aromatic carbocycles. The van der Waals surface area contributed by atoms with Gasteiger partial charge in [-0.05, 0) is 49.4 Å². The fraction of sp³-hybridized carbons (Fsp3) is 0.350. The van der Waals surface area contributed by atoms with Gasteiger partial charge in [-0.15, -0.1) is 23.7 Å². The second-order valence-corrected chi connectivity index (χ2v) is 7.97. The first-order valence-corrected chi connectivity index (χ1v) is 10.1. The van der Waals surface area contributed by atoms with Gasteiger partial charge in [-0.2, -0.15) is 0 Å². The topological polar surface area (TPSA) is 99.2 Å². The van der Waals surface area contributed by atoms with E-state index in [-0.39, 0.29) is 36.8 Å². The lowest BCUT2D eigenvalue weighted by Gasteiger charge is -2.11. The summed E-state index contributed by atoms with van der Waals surface area (Å²) in [5.41, 5.74) is 8.02. The van der Waals surface area contributed by atoms with Crippen molar-refractivity contribution in [3.63, 3.8) is 0 Å². The lowest BCUT2D eigenvalue weighted by atomic mass is 9.97. The molecule has 0 aliphatic heterocycles. The molecule has 0 spiro atoms. The second kappa shape index (κ2) is 8.84. The molecule has 1 amide bonds. The minimum absolute atomic E-state index is 0. The molecule has 1 aliphatic rings. The highest BCUT2D eigenvalue weighted by molar-refractivity contribution is 7.18. The quantitative estimate of drug-likeness (QED) is 0.599. The number of halogens is 1. The van der Waals surface area contributed by atoms with Crippen LogP contribution in [0.4, 0.5) is 11.4 Å². The van der Waals surface area contributed by atoms with Crippen molar-refractivity contribution in [2.24, 2.45) is 0 Å². The lowest BCUT2D eigenvalue weighted by Crippen LogP contribution is -2.24. The number of nitrogens with two attached hydrogens (primary N) is 1. The van der Waals surface area contributed by atoms with E-state index in [1.807, 2.05) is 0 Å². The van der Waals surface area contributed by atoms with Crippen LogP contribution in [0.2, 0.25) is 0 Å². The Hall–Kier alpha value is -2.58. The first-order valence-electron chi connectivity index (χ1n) is 9.30. The molecular formula is C20H23ClN4O3S. The van der Waals surface area contributed by atoms with Crippen LogP contribution in [-0.2, 0) is 24.2 Å². The standard InChI is InChI=1S/C20H22N4O3S.ClH/c1-27-15-7-6-12(10-14(15)21)23-17(25)8-9-24-11-22-19-18(20(24)26)13-4-2-3-5-16(13)28-19;/h6-7,10-11H,2-5,8-9,21H2,1H3,(H,23,25);1H. The number of amides is 1. The van der Waals surface area contributed by atoms with Crippen molar-refractivity contribution in [1.82, 2.24) is 9.55 Å². The summed E-state index contributed by atoms with van der Waals surface area (Å²) in [4.78, 5) is 31.8. The Morgan fingerprint density at radius 1 is 1.34 bits per heavy atom. The Morgan fingerprint density at radius 2 is 2.14 bits per heavy atom. The number of anilines is 2. The number of carbonyl (C=O) groups is 1. The number of nitrogens with one attached hydrogen (secondary N) is 1. The van der Waals surface area contributed by atoms with Gasteiger partial charge in [-0.25, -0.2) is 4.98 Å². The summed E-state index contributed by atoms with van der Waals surface area (Å²) in [6.07, 6.45) is 5.97. The van der Waals surface area contributed by atoms with Gasteiger partial charge in [-0.1, -0.05) is 0 Å². The number of methoxy groups -OCH3 is 1. The van der Waals surface area contributed by atoms with E-state index in [4.69, 9.17) is 10.5 Å². The molecule has 0 saturated carbocycles. The smallest absolute Gasteiger partial charge is 0.262 e. The number of hydrogen-bond donors (Lipinski definition) is 2. The van der Waals surface area contributed by atoms with E-state index in [1.165, 1.54) is 23.0 Å². The van der Waals surface area contributed by atoms with E-state index in [2.05, 4.69) is 10.3 Å². The summed E-state index contributed by atoms with van der Waals surface area (Å²) in [7, 11) is 1.54. The molecule has 3 N–H and O–H groups in total. The maximum absolute atomic E-state index is 12.9. The van der Waals surface area contributed by atoms with Gasteiger partial charge in [0, 0.05) is 23.5 Å². The zero-order chi connectivity index (χ0) is 19.7. The minimum Gasteiger partial charge on any atom is -0.495 e. The van der Waals surface area contributed by atoms with Gasteiger partial charge >= 0.3 is 0 Å². The van der Waals surface area contributed by atoms with Crippen molar-refractivity contribution in [1.29, 1.82) is 0 Å². The van der Waals surface area contributed by atoms with Gasteiger partial charge in [0.25, 0.3) is 5.56 Å². The molecule has 0 atom stereocenters. The Kier molecular flexibility index (Phi) is 6.44. The maximum atomic E-state index is 12.9. The Balaban J connectivity index is 0.00000240. The molecule has 29 heavy (non-hydrogen) atoms. The van der Waals surface area contributed by atoms with E-state index in [0.29, 0.717) is 17.1 Å². The Bertz CT molecular complexity index is 1110. The van der Waals surface area contributed by atoms with E-state index >= 15 is 0 Å². The number of aromatic nitrogens is 2. The monoisotopic (exact) mass is 434 g/mol. The van der Waals surface area contributed by atoms with E-state index in [9.17, 15) is 9.59 Å². The highest BCUT2D eigenvalue weighted by Gasteiger charge is 2.20. The van der Waals surface area contributed by atoms with Gasteiger partial charge in [-0.3, -0.25) is 14.2 Å². The molecule has 1 aliphatic carbocycles. The van der Waals surface area contributed by atoms with Gasteiger partial charge in [0.05, 0.1) is 24.5 Å². The fourth-order valence-electron chi connectivity index (χ4n) is 3.60. The largest absolute Gasteiger partial charge is 0.495 e. The van der Waals surface area contributed by atoms with Gasteiger partial charge in [0.15, 0.2) is 0 Å². The molecule has 9 heteroatoms. The lowest BCUT2D eigenvalue weighted by molar-refractivity contribution is -0.116. The molecule has 0 unspecified atom stereocenters. The van der Waals surface area contributed by atoms with Crippen molar-refractivity contribution < 1.29 is 9.53 Å². The number of rotatable bonds is 5. The van der Waals surface area contributed by atoms with Crippen LogP contribution < -0.4 is 21.3 Å². The predicted molar refractivity (Wildman–Crippen MR) is 118 cm³/mol. The van der Waals surface area contributed by atoms with E-state index < -0.39 is 0 Å². The van der Waals surface area contributed by atoms with Gasteiger partial charge < -0.3 is 15.8 Å². The van der Waals surface area contributed by atoms with Crippen molar-refractivity contribution in [3.05, 3.63) is 45.3 Å². The second-order valence-electron chi connectivity index (χ2n) is 6.89. The molecule has 0 radical (unpaired) electrons. The summed E-state index contributed by atoms with van der Waals surface area (Å²) in [6, 6.07) is 5.08.